The predicted molar refractivity (Wildman–Crippen MR) is 136 cm³/mol. The average molecular weight is 506 g/mol. The van der Waals surface area contributed by atoms with Crippen LogP contribution >= 0.6 is 0 Å². The van der Waals surface area contributed by atoms with Crippen LogP contribution in [0.5, 0.6) is 5.75 Å². The van der Waals surface area contributed by atoms with Gasteiger partial charge in [0.15, 0.2) is 0 Å². The summed E-state index contributed by atoms with van der Waals surface area (Å²) in [5, 5.41) is 3.11. The van der Waals surface area contributed by atoms with Crippen molar-refractivity contribution in [1.82, 2.24) is 24.3 Å². The lowest BCUT2D eigenvalue weighted by Crippen LogP contribution is -2.48. The summed E-state index contributed by atoms with van der Waals surface area (Å²) in [5.41, 5.74) is 2.36. The molecule has 3 aliphatic rings. The van der Waals surface area contributed by atoms with E-state index in [4.69, 9.17) is 4.74 Å². The van der Waals surface area contributed by atoms with E-state index in [1.54, 1.807) is 22.5 Å². The van der Waals surface area contributed by atoms with Crippen LogP contribution in [0.3, 0.4) is 0 Å². The predicted octanol–water partition coefficient (Wildman–Crippen LogP) is 1.84. The van der Waals surface area contributed by atoms with E-state index in [2.05, 4.69) is 29.0 Å². The summed E-state index contributed by atoms with van der Waals surface area (Å²) >= 11 is 0. The minimum Gasteiger partial charge on any atom is -0.494 e. The highest BCUT2D eigenvalue weighted by Crippen LogP contribution is 2.39. The summed E-state index contributed by atoms with van der Waals surface area (Å²) < 4.78 is 34.6. The molecular formula is C25H39N5O4S. The summed E-state index contributed by atoms with van der Waals surface area (Å²) in [6, 6.07) is 4.65. The van der Waals surface area contributed by atoms with Crippen LogP contribution in [0.25, 0.3) is 0 Å². The van der Waals surface area contributed by atoms with Crippen molar-refractivity contribution < 1.29 is 17.9 Å². The fraction of sp³-hybridized carbons (Fsp3) is 0.640. The van der Waals surface area contributed by atoms with E-state index in [1.165, 1.54) is 0 Å². The van der Waals surface area contributed by atoms with Gasteiger partial charge in [0.1, 0.15) is 11.4 Å². The Morgan fingerprint density at radius 2 is 1.71 bits per heavy atom. The van der Waals surface area contributed by atoms with Gasteiger partial charge in [0.2, 0.25) is 10.0 Å². The number of carbonyl (C=O) groups is 1. The Morgan fingerprint density at radius 1 is 1.03 bits per heavy atom. The third kappa shape index (κ3) is 5.21. The summed E-state index contributed by atoms with van der Waals surface area (Å²) in [6.07, 6.45) is 2.08. The SMILES string of the molecule is CCCN1CCN(S(=O)(=O)c2ccc(OCC)c(C3NC(=O)C4=C3CN(CCC)CN4C)c2)CC1. The van der Waals surface area contributed by atoms with Crippen LogP contribution in [0.15, 0.2) is 34.4 Å². The molecule has 1 aromatic rings. The van der Waals surface area contributed by atoms with Gasteiger partial charge in [0.25, 0.3) is 5.91 Å². The second-order valence-electron chi connectivity index (χ2n) is 9.55. The molecule has 0 spiro atoms. The monoisotopic (exact) mass is 505 g/mol. The van der Waals surface area contributed by atoms with Crippen molar-refractivity contribution in [3.63, 3.8) is 0 Å². The maximum absolute atomic E-state index is 13.6. The second kappa shape index (κ2) is 10.9. The number of rotatable bonds is 9. The molecule has 1 aromatic carbocycles. The zero-order chi connectivity index (χ0) is 25.2. The lowest BCUT2D eigenvalue weighted by molar-refractivity contribution is -0.118. The molecule has 1 saturated heterocycles. The Balaban J connectivity index is 1.67. The summed E-state index contributed by atoms with van der Waals surface area (Å²) in [7, 11) is -1.72. The average Bonchev–Trinajstić information content (AvgIpc) is 3.16. The number of sulfonamides is 1. The van der Waals surface area contributed by atoms with Gasteiger partial charge in [-0.15, -0.1) is 0 Å². The topological polar surface area (TPSA) is 85.4 Å². The molecule has 1 N–H and O–H groups in total. The third-order valence-electron chi connectivity index (χ3n) is 6.97. The van der Waals surface area contributed by atoms with Crippen molar-refractivity contribution >= 4 is 15.9 Å². The number of hydrogen-bond donors (Lipinski definition) is 1. The number of nitrogens with one attached hydrogen (secondary N) is 1. The van der Waals surface area contributed by atoms with Crippen molar-refractivity contribution in [2.45, 2.75) is 44.6 Å². The quantitative estimate of drug-likeness (QED) is 0.548. The Morgan fingerprint density at radius 3 is 2.37 bits per heavy atom. The van der Waals surface area contributed by atoms with Gasteiger partial charge in [0, 0.05) is 45.3 Å². The first-order valence-corrected chi connectivity index (χ1v) is 14.2. The fourth-order valence-corrected chi connectivity index (χ4v) is 6.86. The highest BCUT2D eigenvalue weighted by Gasteiger charge is 2.40. The molecule has 0 radical (unpaired) electrons. The Labute approximate surface area is 209 Å². The van der Waals surface area contributed by atoms with Crippen molar-refractivity contribution in [3.05, 3.63) is 35.0 Å². The van der Waals surface area contributed by atoms with Crippen LogP contribution in [0.1, 0.15) is 45.2 Å². The van der Waals surface area contributed by atoms with E-state index < -0.39 is 16.1 Å². The van der Waals surface area contributed by atoms with Crippen LogP contribution in [0.4, 0.5) is 0 Å². The zero-order valence-electron chi connectivity index (χ0n) is 21.4. The molecular weight excluding hydrogens is 466 g/mol. The Hall–Kier alpha value is -2.14. The zero-order valence-corrected chi connectivity index (χ0v) is 22.2. The highest BCUT2D eigenvalue weighted by molar-refractivity contribution is 7.89. The van der Waals surface area contributed by atoms with Crippen molar-refractivity contribution in [2.24, 2.45) is 0 Å². The largest absolute Gasteiger partial charge is 0.494 e. The maximum atomic E-state index is 13.6. The molecule has 1 amide bonds. The van der Waals surface area contributed by atoms with Crippen molar-refractivity contribution in [3.8, 4) is 5.75 Å². The van der Waals surface area contributed by atoms with Crippen LogP contribution in [-0.2, 0) is 14.8 Å². The lowest BCUT2D eigenvalue weighted by atomic mass is 9.97. The van der Waals surface area contributed by atoms with E-state index in [0.717, 1.165) is 44.6 Å². The molecule has 1 atom stereocenters. The number of carbonyl (C=O) groups excluding carboxylic acids is 1. The van der Waals surface area contributed by atoms with Crippen LogP contribution in [0.2, 0.25) is 0 Å². The van der Waals surface area contributed by atoms with E-state index in [9.17, 15) is 13.2 Å². The molecule has 10 heteroatoms. The minimum absolute atomic E-state index is 0.119. The van der Waals surface area contributed by atoms with Gasteiger partial charge in [-0.25, -0.2) is 8.42 Å². The van der Waals surface area contributed by atoms with E-state index in [0.29, 0.717) is 49.9 Å². The van der Waals surface area contributed by atoms with Gasteiger partial charge in [0.05, 0.1) is 24.2 Å². The molecule has 0 aromatic heterocycles. The molecule has 9 nitrogen and oxygen atoms in total. The number of nitrogens with zero attached hydrogens (tertiary/aromatic N) is 4. The first-order chi connectivity index (χ1) is 16.8. The second-order valence-corrected chi connectivity index (χ2v) is 11.5. The van der Waals surface area contributed by atoms with Gasteiger partial charge in [-0.3, -0.25) is 9.69 Å². The van der Waals surface area contributed by atoms with Crippen LogP contribution in [0, 0.1) is 0 Å². The third-order valence-corrected chi connectivity index (χ3v) is 8.87. The molecule has 1 fully saturated rings. The molecule has 3 aliphatic heterocycles. The molecule has 1 unspecified atom stereocenters. The number of ether oxygens (including phenoxy) is 1. The standard InChI is InChI=1S/C25H39N5O4S/c1-5-10-28-12-14-30(15-13-28)35(32,33)19-8-9-22(34-7-3)20(16-19)23-21-17-29(11-6-2)18-27(4)24(21)25(31)26-23/h8-9,16,23H,5-7,10-15,17-18H2,1-4H3,(H,26,31). The van der Waals surface area contributed by atoms with E-state index in [1.807, 2.05) is 18.9 Å². The summed E-state index contributed by atoms with van der Waals surface area (Å²) in [4.78, 5) is 19.8. The smallest absolute Gasteiger partial charge is 0.268 e. The molecule has 0 saturated carbocycles. The summed E-state index contributed by atoms with van der Waals surface area (Å²) in [6.45, 7) is 12.4. The maximum Gasteiger partial charge on any atom is 0.268 e. The number of likely N-dealkylation sites (N-methyl/N-ethyl adjacent to an activating group) is 1. The number of hydrogen-bond acceptors (Lipinski definition) is 7. The van der Waals surface area contributed by atoms with Gasteiger partial charge in [-0.2, -0.15) is 4.31 Å². The highest BCUT2D eigenvalue weighted by atomic mass is 32.2. The van der Waals surface area contributed by atoms with Crippen molar-refractivity contribution in [2.75, 3.05) is 66.1 Å². The molecule has 0 aliphatic carbocycles. The molecule has 0 bridgehead atoms. The van der Waals surface area contributed by atoms with Gasteiger partial charge in [-0.1, -0.05) is 13.8 Å². The van der Waals surface area contributed by atoms with Gasteiger partial charge < -0.3 is 19.9 Å². The minimum atomic E-state index is -3.66. The van der Waals surface area contributed by atoms with Gasteiger partial charge in [-0.05, 0) is 56.6 Å². The van der Waals surface area contributed by atoms with E-state index >= 15 is 0 Å². The normalized spacial score (nSPS) is 22.5. The molecule has 3 heterocycles. The lowest BCUT2D eigenvalue weighted by Gasteiger charge is -2.35. The van der Waals surface area contributed by atoms with E-state index in [-0.39, 0.29) is 10.8 Å². The molecule has 194 valence electrons. The first kappa shape index (κ1) is 25.9. The number of piperazine rings is 1. The molecule has 4 rings (SSSR count). The van der Waals surface area contributed by atoms with Crippen molar-refractivity contribution in [1.29, 1.82) is 0 Å². The molecule has 35 heavy (non-hydrogen) atoms. The van der Waals surface area contributed by atoms with Crippen LogP contribution < -0.4 is 10.1 Å². The fourth-order valence-electron chi connectivity index (χ4n) is 5.41. The first-order valence-electron chi connectivity index (χ1n) is 12.8. The number of amides is 1. The number of benzene rings is 1. The van der Waals surface area contributed by atoms with Gasteiger partial charge >= 0.3 is 0 Å². The summed E-state index contributed by atoms with van der Waals surface area (Å²) in [5.74, 6) is 0.486. The Kier molecular flexibility index (Phi) is 8.05. The Bertz CT molecular complexity index is 1070. The van der Waals surface area contributed by atoms with Crippen LogP contribution in [-0.4, -0.2) is 99.5 Å².